The van der Waals surface area contributed by atoms with Gasteiger partial charge in [-0.15, -0.1) is 0 Å². The predicted molar refractivity (Wildman–Crippen MR) is 101 cm³/mol. The highest BCUT2D eigenvalue weighted by Crippen LogP contribution is 2.19. The molecule has 0 radical (unpaired) electrons. The van der Waals surface area contributed by atoms with Crippen LogP contribution in [-0.2, 0) is 21.5 Å². The minimum Gasteiger partial charge on any atom is -0.494 e. The molecule has 6 heteroatoms. The van der Waals surface area contributed by atoms with Crippen LogP contribution >= 0.6 is 0 Å². The third kappa shape index (κ3) is 6.44. The van der Waals surface area contributed by atoms with E-state index in [1.165, 1.54) is 29.8 Å². The zero-order valence-electron chi connectivity index (χ0n) is 15.2. The van der Waals surface area contributed by atoms with Gasteiger partial charge in [0.1, 0.15) is 5.75 Å². The standard InChI is InChI=1S/C20H26O5S/c1-3-16(2)18-7-5-17(6-8-18)15-24-13-4-14-25-19-9-11-20(12-10-19)26(21,22)23/h5-12,16H,3-4,13-15H2,1-2H3,(H,21,22,23). The van der Waals surface area contributed by atoms with Gasteiger partial charge in [0.25, 0.3) is 10.1 Å². The normalized spacial score (nSPS) is 12.7. The molecule has 0 aromatic heterocycles. The molecule has 0 bridgehead atoms. The summed E-state index contributed by atoms with van der Waals surface area (Å²) in [6.07, 6.45) is 1.86. The van der Waals surface area contributed by atoms with Crippen LogP contribution in [0.25, 0.3) is 0 Å². The minimum atomic E-state index is -4.16. The summed E-state index contributed by atoms with van der Waals surface area (Å²) in [5.74, 6) is 1.13. The summed E-state index contributed by atoms with van der Waals surface area (Å²) < 4.78 is 42.0. The van der Waals surface area contributed by atoms with Crippen molar-refractivity contribution in [2.75, 3.05) is 13.2 Å². The van der Waals surface area contributed by atoms with E-state index in [0.29, 0.717) is 31.5 Å². The number of benzene rings is 2. The highest BCUT2D eigenvalue weighted by Gasteiger charge is 2.08. The van der Waals surface area contributed by atoms with Crippen molar-refractivity contribution in [1.82, 2.24) is 0 Å². The molecule has 0 spiro atoms. The van der Waals surface area contributed by atoms with E-state index in [1.807, 2.05) is 0 Å². The Morgan fingerprint density at radius 3 is 2.23 bits per heavy atom. The number of rotatable bonds is 10. The molecule has 0 fully saturated rings. The van der Waals surface area contributed by atoms with Gasteiger partial charge in [-0.25, -0.2) is 0 Å². The second-order valence-electron chi connectivity index (χ2n) is 6.25. The van der Waals surface area contributed by atoms with E-state index >= 15 is 0 Å². The van der Waals surface area contributed by atoms with Crippen LogP contribution in [0.3, 0.4) is 0 Å². The summed E-state index contributed by atoms with van der Waals surface area (Å²) in [6, 6.07) is 14.2. The Bertz CT molecular complexity index is 767. The molecule has 26 heavy (non-hydrogen) atoms. The van der Waals surface area contributed by atoms with Crippen molar-refractivity contribution in [3.63, 3.8) is 0 Å². The maximum atomic E-state index is 11.0. The molecule has 1 atom stereocenters. The van der Waals surface area contributed by atoms with Gasteiger partial charge >= 0.3 is 0 Å². The molecule has 5 nitrogen and oxygen atoms in total. The van der Waals surface area contributed by atoms with E-state index in [2.05, 4.69) is 38.1 Å². The molecule has 2 rings (SSSR count). The highest BCUT2D eigenvalue weighted by atomic mass is 32.2. The van der Waals surface area contributed by atoms with Gasteiger partial charge in [0.15, 0.2) is 0 Å². The van der Waals surface area contributed by atoms with Gasteiger partial charge in [-0.05, 0) is 47.7 Å². The fourth-order valence-electron chi connectivity index (χ4n) is 2.43. The average Bonchev–Trinajstić information content (AvgIpc) is 2.64. The smallest absolute Gasteiger partial charge is 0.294 e. The van der Waals surface area contributed by atoms with E-state index in [4.69, 9.17) is 14.0 Å². The Morgan fingerprint density at radius 1 is 1.00 bits per heavy atom. The molecule has 0 heterocycles. The molecule has 1 unspecified atom stereocenters. The van der Waals surface area contributed by atoms with Crippen molar-refractivity contribution in [3.05, 3.63) is 59.7 Å². The molecular weight excluding hydrogens is 352 g/mol. The predicted octanol–water partition coefficient (Wildman–Crippen LogP) is 4.43. The molecular formula is C20H26O5S. The first-order valence-corrected chi connectivity index (χ1v) is 10.2. The van der Waals surface area contributed by atoms with Crippen molar-refractivity contribution in [1.29, 1.82) is 0 Å². The molecule has 2 aromatic rings. The summed E-state index contributed by atoms with van der Waals surface area (Å²) in [6.45, 7) is 6.03. The number of ether oxygens (including phenoxy) is 2. The van der Waals surface area contributed by atoms with E-state index in [9.17, 15) is 8.42 Å². The summed E-state index contributed by atoms with van der Waals surface area (Å²) in [4.78, 5) is -0.146. The van der Waals surface area contributed by atoms with Crippen molar-refractivity contribution < 1.29 is 22.4 Å². The Kier molecular flexibility index (Phi) is 7.63. The van der Waals surface area contributed by atoms with Crippen molar-refractivity contribution in [2.45, 2.75) is 44.1 Å². The SMILES string of the molecule is CCC(C)c1ccc(COCCCOc2ccc(S(=O)(=O)O)cc2)cc1. The lowest BCUT2D eigenvalue weighted by Crippen LogP contribution is -2.04. The molecule has 0 saturated heterocycles. The zero-order valence-corrected chi connectivity index (χ0v) is 16.0. The van der Waals surface area contributed by atoms with Gasteiger partial charge in [0.2, 0.25) is 0 Å². The van der Waals surface area contributed by atoms with E-state index < -0.39 is 10.1 Å². The Labute approximate surface area is 155 Å². The van der Waals surface area contributed by atoms with Crippen LogP contribution in [0.1, 0.15) is 43.7 Å². The van der Waals surface area contributed by atoms with Gasteiger partial charge in [-0.3, -0.25) is 4.55 Å². The van der Waals surface area contributed by atoms with Crippen molar-refractivity contribution in [3.8, 4) is 5.75 Å². The summed E-state index contributed by atoms with van der Waals surface area (Å²) in [5, 5.41) is 0. The van der Waals surface area contributed by atoms with Crippen LogP contribution in [0.2, 0.25) is 0 Å². The topological polar surface area (TPSA) is 72.8 Å². The number of hydrogen-bond donors (Lipinski definition) is 1. The molecule has 1 N–H and O–H groups in total. The third-order valence-electron chi connectivity index (χ3n) is 4.25. The molecule has 0 amide bonds. The first kappa shape index (κ1) is 20.4. The second-order valence-corrected chi connectivity index (χ2v) is 7.67. The van der Waals surface area contributed by atoms with Crippen LogP contribution in [0.15, 0.2) is 53.4 Å². The van der Waals surface area contributed by atoms with Crippen LogP contribution in [0, 0.1) is 0 Å². The Hall–Kier alpha value is -1.89. The molecule has 0 aliphatic rings. The lowest BCUT2D eigenvalue weighted by Gasteiger charge is -2.10. The van der Waals surface area contributed by atoms with Gasteiger partial charge < -0.3 is 9.47 Å². The average molecular weight is 378 g/mol. The number of hydrogen-bond acceptors (Lipinski definition) is 4. The van der Waals surface area contributed by atoms with Gasteiger partial charge in [0, 0.05) is 6.42 Å². The highest BCUT2D eigenvalue weighted by molar-refractivity contribution is 7.85. The summed E-state index contributed by atoms with van der Waals surface area (Å²) in [5.41, 5.74) is 2.50. The van der Waals surface area contributed by atoms with Crippen LogP contribution in [0.5, 0.6) is 5.75 Å². The quantitative estimate of drug-likeness (QED) is 0.489. The van der Waals surface area contributed by atoms with E-state index in [1.54, 1.807) is 0 Å². The van der Waals surface area contributed by atoms with Crippen LogP contribution < -0.4 is 4.74 Å². The second kappa shape index (κ2) is 9.71. The fourth-order valence-corrected chi connectivity index (χ4v) is 2.91. The maximum absolute atomic E-state index is 11.0. The van der Waals surface area contributed by atoms with E-state index in [-0.39, 0.29) is 4.90 Å². The first-order chi connectivity index (χ1) is 12.4. The lowest BCUT2D eigenvalue weighted by atomic mass is 9.98. The maximum Gasteiger partial charge on any atom is 0.294 e. The third-order valence-corrected chi connectivity index (χ3v) is 5.12. The fraction of sp³-hybridized carbons (Fsp3) is 0.400. The van der Waals surface area contributed by atoms with Crippen molar-refractivity contribution in [2.24, 2.45) is 0 Å². The van der Waals surface area contributed by atoms with Gasteiger partial charge in [-0.2, -0.15) is 8.42 Å². The lowest BCUT2D eigenvalue weighted by molar-refractivity contribution is 0.107. The van der Waals surface area contributed by atoms with Crippen LogP contribution in [0.4, 0.5) is 0 Å². The Morgan fingerprint density at radius 2 is 1.65 bits per heavy atom. The molecule has 0 aliphatic heterocycles. The van der Waals surface area contributed by atoms with Crippen molar-refractivity contribution >= 4 is 10.1 Å². The summed E-state index contributed by atoms with van der Waals surface area (Å²) in [7, 11) is -4.16. The zero-order chi connectivity index (χ0) is 19.0. The first-order valence-electron chi connectivity index (χ1n) is 8.77. The van der Waals surface area contributed by atoms with Gasteiger partial charge in [0.05, 0.1) is 24.7 Å². The monoisotopic (exact) mass is 378 g/mol. The summed E-state index contributed by atoms with van der Waals surface area (Å²) >= 11 is 0. The molecule has 0 saturated carbocycles. The Balaban J connectivity index is 1.65. The van der Waals surface area contributed by atoms with Gasteiger partial charge in [-0.1, -0.05) is 38.1 Å². The van der Waals surface area contributed by atoms with Crippen LogP contribution in [-0.4, -0.2) is 26.2 Å². The minimum absolute atomic E-state index is 0.146. The molecule has 142 valence electrons. The largest absolute Gasteiger partial charge is 0.494 e. The van der Waals surface area contributed by atoms with E-state index in [0.717, 1.165) is 18.4 Å². The molecule has 0 aliphatic carbocycles. The molecule has 2 aromatic carbocycles.